The third-order valence-corrected chi connectivity index (χ3v) is 2.83. The average Bonchev–Trinajstić information content (AvgIpc) is 2.02. The van der Waals surface area contributed by atoms with Crippen molar-refractivity contribution in [2.75, 3.05) is 0 Å². The summed E-state index contributed by atoms with van der Waals surface area (Å²) in [6, 6.07) is 0. The van der Waals surface area contributed by atoms with Crippen LogP contribution in [-0.4, -0.2) is 0 Å². The first kappa shape index (κ1) is 12.0. The van der Waals surface area contributed by atoms with Gasteiger partial charge in [0.1, 0.15) is 0 Å². The van der Waals surface area contributed by atoms with Crippen molar-refractivity contribution in [2.24, 2.45) is 10.8 Å². The van der Waals surface area contributed by atoms with Gasteiger partial charge in [-0.1, -0.05) is 41.5 Å². The van der Waals surface area contributed by atoms with Crippen LogP contribution < -0.4 is 0 Å². The molecule has 0 bridgehead atoms. The van der Waals surface area contributed by atoms with E-state index >= 15 is 0 Å². The molecule has 0 aliphatic heterocycles. The Hall–Kier alpha value is 0. The molecule has 0 aromatic heterocycles. The minimum atomic E-state index is 0.409. The molecule has 0 heterocycles. The quantitative estimate of drug-likeness (QED) is 0.575. The van der Waals surface area contributed by atoms with E-state index < -0.39 is 0 Å². The van der Waals surface area contributed by atoms with Gasteiger partial charge in [0.05, 0.1) is 0 Å². The Kier molecular flexibility index (Phi) is 4.30. The number of hydrogen-bond acceptors (Lipinski definition) is 0. The van der Waals surface area contributed by atoms with Crippen molar-refractivity contribution in [1.82, 2.24) is 0 Å². The summed E-state index contributed by atoms with van der Waals surface area (Å²) in [5, 5.41) is 0. The standard InChI is InChI=1S/C12H24/c1-7-11(3,4)9-10-12(5,6)8-2/h1-2,7-10H2,3-6H3. The van der Waals surface area contributed by atoms with Gasteiger partial charge in [0.25, 0.3) is 0 Å². The van der Waals surface area contributed by atoms with Gasteiger partial charge >= 0.3 is 0 Å². The summed E-state index contributed by atoms with van der Waals surface area (Å²) in [5.41, 5.74) is 0.818. The molecule has 0 atom stereocenters. The van der Waals surface area contributed by atoms with E-state index in [1.165, 1.54) is 12.8 Å². The monoisotopic (exact) mass is 168 g/mol. The molecule has 0 aliphatic carbocycles. The van der Waals surface area contributed by atoms with Gasteiger partial charge in [0.2, 0.25) is 0 Å². The second-order valence-corrected chi connectivity index (χ2v) is 5.33. The molecule has 0 spiro atoms. The predicted octanol–water partition coefficient (Wildman–Crippen LogP) is 4.27. The van der Waals surface area contributed by atoms with Crippen molar-refractivity contribution in [2.45, 2.75) is 53.4 Å². The maximum atomic E-state index is 3.97. The molecule has 0 N–H and O–H groups in total. The van der Waals surface area contributed by atoms with E-state index in [0.29, 0.717) is 10.8 Å². The Balaban J connectivity index is 3.82. The third kappa shape index (κ3) is 4.79. The molecule has 72 valence electrons. The van der Waals surface area contributed by atoms with E-state index in [1.54, 1.807) is 0 Å². The summed E-state index contributed by atoms with van der Waals surface area (Å²) in [6.45, 7) is 17.1. The van der Waals surface area contributed by atoms with E-state index in [-0.39, 0.29) is 0 Å². The van der Waals surface area contributed by atoms with Gasteiger partial charge in [-0.3, -0.25) is 0 Å². The molecule has 0 unspecified atom stereocenters. The van der Waals surface area contributed by atoms with Crippen molar-refractivity contribution in [3.63, 3.8) is 0 Å². The van der Waals surface area contributed by atoms with Crippen LogP contribution in [-0.2, 0) is 0 Å². The molecule has 0 fully saturated rings. The molecule has 12 heavy (non-hydrogen) atoms. The Labute approximate surface area is 78.8 Å². The maximum absolute atomic E-state index is 3.97. The molecule has 0 amide bonds. The van der Waals surface area contributed by atoms with E-state index in [9.17, 15) is 0 Å². The lowest BCUT2D eigenvalue weighted by molar-refractivity contribution is 0.241. The fourth-order valence-electron chi connectivity index (χ4n) is 0.927. The zero-order chi connectivity index (χ0) is 9.83. The predicted molar refractivity (Wildman–Crippen MR) is 56.7 cm³/mol. The lowest BCUT2D eigenvalue weighted by atomic mass is 9.77. The van der Waals surface area contributed by atoms with Gasteiger partial charge in [-0.2, -0.15) is 0 Å². The van der Waals surface area contributed by atoms with Crippen molar-refractivity contribution >= 4 is 0 Å². The van der Waals surface area contributed by atoms with Crippen LogP contribution in [0.25, 0.3) is 0 Å². The van der Waals surface area contributed by atoms with Gasteiger partial charge < -0.3 is 0 Å². The zero-order valence-electron chi connectivity index (χ0n) is 9.24. The van der Waals surface area contributed by atoms with E-state index in [4.69, 9.17) is 0 Å². The van der Waals surface area contributed by atoms with Gasteiger partial charge in [-0.15, -0.1) is 0 Å². The molecule has 0 saturated heterocycles. The normalized spacial score (nSPS) is 13.5. The minimum Gasteiger partial charge on any atom is -0.0599 e. The largest absolute Gasteiger partial charge is 0.0599 e. The second kappa shape index (κ2) is 4.30. The van der Waals surface area contributed by atoms with Gasteiger partial charge in [-0.25, -0.2) is 0 Å². The van der Waals surface area contributed by atoms with E-state index in [0.717, 1.165) is 12.8 Å². The second-order valence-electron chi connectivity index (χ2n) is 5.33. The lowest BCUT2D eigenvalue weighted by Crippen LogP contribution is -2.16. The van der Waals surface area contributed by atoms with Crippen LogP contribution in [0.4, 0.5) is 0 Å². The summed E-state index contributed by atoms with van der Waals surface area (Å²) in [6.07, 6.45) is 4.58. The van der Waals surface area contributed by atoms with Crippen molar-refractivity contribution < 1.29 is 0 Å². The summed E-state index contributed by atoms with van der Waals surface area (Å²) < 4.78 is 0. The molecule has 0 rings (SSSR count). The van der Waals surface area contributed by atoms with E-state index in [1.807, 2.05) is 0 Å². The summed E-state index contributed by atoms with van der Waals surface area (Å²) in [7, 11) is 0. The van der Waals surface area contributed by atoms with Crippen LogP contribution >= 0.6 is 0 Å². The maximum Gasteiger partial charge on any atom is -0.0354 e. The highest BCUT2D eigenvalue weighted by Gasteiger charge is 2.21. The van der Waals surface area contributed by atoms with E-state index in [2.05, 4.69) is 41.5 Å². The Morgan fingerprint density at radius 3 is 1.17 bits per heavy atom. The smallest absolute Gasteiger partial charge is 0.0354 e. The topological polar surface area (TPSA) is 0 Å². The number of rotatable bonds is 5. The molecule has 0 nitrogen and oxygen atoms in total. The minimum absolute atomic E-state index is 0.409. The van der Waals surface area contributed by atoms with Crippen LogP contribution in [0, 0.1) is 24.7 Å². The molecule has 0 aromatic rings. The lowest BCUT2D eigenvalue weighted by Gasteiger charge is -2.29. The van der Waals surface area contributed by atoms with Crippen LogP contribution in [0.1, 0.15) is 53.4 Å². The summed E-state index contributed by atoms with van der Waals surface area (Å²) in [5.74, 6) is 0. The van der Waals surface area contributed by atoms with Crippen LogP contribution in [0.5, 0.6) is 0 Å². The fraction of sp³-hybridized carbons (Fsp3) is 0.833. The Bertz CT molecular complexity index is 104. The first-order chi connectivity index (χ1) is 5.33. The highest BCUT2D eigenvalue weighted by molar-refractivity contribution is 4.76. The Morgan fingerprint density at radius 1 is 0.750 bits per heavy atom. The molecule has 0 heteroatoms. The van der Waals surface area contributed by atoms with Crippen LogP contribution in [0.15, 0.2) is 0 Å². The average molecular weight is 168 g/mol. The van der Waals surface area contributed by atoms with Gasteiger partial charge in [-0.05, 0) is 36.5 Å². The molecule has 2 radical (unpaired) electrons. The third-order valence-electron chi connectivity index (χ3n) is 2.83. The number of hydrogen-bond donors (Lipinski definition) is 0. The summed E-state index contributed by atoms with van der Waals surface area (Å²) in [4.78, 5) is 0. The van der Waals surface area contributed by atoms with Gasteiger partial charge in [0.15, 0.2) is 0 Å². The molecule has 0 aliphatic rings. The van der Waals surface area contributed by atoms with Crippen LogP contribution in [0.2, 0.25) is 0 Å². The SMILES string of the molecule is [CH2]CC(C)(C)CCC(C)(C)C[CH2]. The molecule has 0 aromatic carbocycles. The zero-order valence-corrected chi connectivity index (χ0v) is 9.24. The molecule has 0 saturated carbocycles. The molecular formula is C12H24. The fourth-order valence-corrected chi connectivity index (χ4v) is 0.927. The van der Waals surface area contributed by atoms with Crippen molar-refractivity contribution in [3.8, 4) is 0 Å². The Morgan fingerprint density at radius 2 is 1.00 bits per heavy atom. The first-order valence-electron chi connectivity index (χ1n) is 4.91. The molecular weight excluding hydrogens is 144 g/mol. The van der Waals surface area contributed by atoms with Crippen molar-refractivity contribution in [3.05, 3.63) is 13.8 Å². The highest BCUT2D eigenvalue weighted by atomic mass is 14.3. The highest BCUT2D eigenvalue weighted by Crippen LogP contribution is 2.34. The first-order valence-corrected chi connectivity index (χ1v) is 4.91. The van der Waals surface area contributed by atoms with Gasteiger partial charge in [0, 0.05) is 0 Å². The van der Waals surface area contributed by atoms with Crippen LogP contribution in [0.3, 0.4) is 0 Å². The van der Waals surface area contributed by atoms with Crippen molar-refractivity contribution in [1.29, 1.82) is 0 Å². The summed E-state index contributed by atoms with van der Waals surface area (Å²) >= 11 is 0.